The summed E-state index contributed by atoms with van der Waals surface area (Å²) < 4.78 is 12.5. The highest BCUT2D eigenvalue weighted by Crippen LogP contribution is 2.68. The molecule has 3 nitrogen and oxygen atoms in total. The van der Waals surface area contributed by atoms with E-state index in [1.165, 1.54) is 32.1 Å². The molecular weight excluding hydrogens is 288 g/mol. The Balaban J connectivity index is 1.71. The smallest absolute Gasteiger partial charge is 0.157 e. The van der Waals surface area contributed by atoms with E-state index in [0.717, 1.165) is 18.8 Å². The van der Waals surface area contributed by atoms with Gasteiger partial charge in [-0.1, -0.05) is 34.1 Å². The molecule has 0 amide bonds. The van der Waals surface area contributed by atoms with E-state index >= 15 is 0 Å². The van der Waals surface area contributed by atoms with Crippen molar-refractivity contribution in [3.05, 3.63) is 0 Å². The van der Waals surface area contributed by atoms with Gasteiger partial charge in [0.25, 0.3) is 0 Å². The molecule has 2 heterocycles. The molecule has 3 heteroatoms. The number of rotatable bonds is 0. The van der Waals surface area contributed by atoms with Gasteiger partial charge in [-0.2, -0.15) is 0 Å². The number of hydrogen-bond acceptors (Lipinski definition) is 3. The topological polar surface area (TPSA) is 38.7 Å². The van der Waals surface area contributed by atoms with Gasteiger partial charge in [0.15, 0.2) is 6.29 Å². The fraction of sp³-hybridized carbons (Fsp3) is 1.00. The normalized spacial score (nSPS) is 55.4. The molecule has 0 aromatic carbocycles. The van der Waals surface area contributed by atoms with Gasteiger partial charge >= 0.3 is 0 Å². The molecule has 132 valence electrons. The second-order valence-electron chi connectivity index (χ2n) is 9.93. The third-order valence-electron chi connectivity index (χ3n) is 8.32. The molecule has 0 radical (unpaired) electrons. The van der Waals surface area contributed by atoms with Crippen molar-refractivity contribution in [3.8, 4) is 0 Å². The van der Waals surface area contributed by atoms with Crippen LogP contribution in [0.15, 0.2) is 0 Å². The summed E-state index contributed by atoms with van der Waals surface area (Å²) in [6.45, 7) is 10.5. The van der Waals surface area contributed by atoms with Gasteiger partial charge in [-0.3, -0.25) is 0 Å². The summed E-state index contributed by atoms with van der Waals surface area (Å²) in [6, 6.07) is 0. The van der Waals surface area contributed by atoms with Crippen molar-refractivity contribution in [2.75, 3.05) is 6.61 Å². The minimum absolute atomic E-state index is 0.0129. The zero-order valence-corrected chi connectivity index (χ0v) is 15.4. The molecule has 4 fully saturated rings. The van der Waals surface area contributed by atoms with Crippen molar-refractivity contribution >= 4 is 0 Å². The predicted molar refractivity (Wildman–Crippen MR) is 90.0 cm³/mol. The van der Waals surface area contributed by atoms with Gasteiger partial charge in [-0.15, -0.1) is 0 Å². The van der Waals surface area contributed by atoms with Crippen LogP contribution in [0, 0.1) is 22.7 Å². The van der Waals surface area contributed by atoms with E-state index in [1.807, 2.05) is 0 Å². The summed E-state index contributed by atoms with van der Waals surface area (Å²) in [7, 11) is 0. The molecule has 0 aromatic heterocycles. The molecule has 4 aliphatic rings. The largest absolute Gasteiger partial charge is 0.368 e. The number of hydrogen-bond donors (Lipinski definition) is 1. The first-order valence-corrected chi connectivity index (χ1v) is 9.73. The maximum Gasteiger partial charge on any atom is 0.157 e. The average Bonchev–Trinajstić information content (AvgIpc) is 3.01. The molecule has 2 aliphatic carbocycles. The molecule has 4 rings (SSSR count). The summed E-state index contributed by atoms with van der Waals surface area (Å²) in [5, 5.41) is 9.88. The van der Waals surface area contributed by atoms with Crippen LogP contribution in [-0.2, 0) is 9.47 Å². The molecule has 23 heavy (non-hydrogen) atoms. The predicted octanol–water partition coefficient (Wildman–Crippen LogP) is 4.28. The highest BCUT2D eigenvalue weighted by Gasteiger charge is 2.67. The monoisotopic (exact) mass is 322 g/mol. The molecule has 0 bridgehead atoms. The second-order valence-corrected chi connectivity index (χ2v) is 9.93. The van der Waals surface area contributed by atoms with Crippen LogP contribution in [0.2, 0.25) is 0 Å². The Morgan fingerprint density at radius 1 is 1.00 bits per heavy atom. The Kier molecular flexibility index (Phi) is 3.52. The number of aliphatic hydroxyl groups is 1. The summed E-state index contributed by atoms with van der Waals surface area (Å²) in [4.78, 5) is 0. The molecule has 2 saturated carbocycles. The van der Waals surface area contributed by atoms with E-state index in [2.05, 4.69) is 27.7 Å². The first-order chi connectivity index (χ1) is 10.7. The summed E-state index contributed by atoms with van der Waals surface area (Å²) in [5.41, 5.74) is 0.454. The van der Waals surface area contributed by atoms with Gasteiger partial charge in [0.1, 0.15) is 0 Å². The Morgan fingerprint density at radius 2 is 1.78 bits per heavy atom. The standard InChI is InChI=1S/C20H34O3/c1-14-6-7-15-17(2,3)8-5-9-18(15,4)20(14)11-10-19(23-20)12-16(21)22-13-19/h14-16,21H,5-13H2,1-4H3/t14-,15+,16+,18+,19+,20-/m1/s1. The van der Waals surface area contributed by atoms with Crippen molar-refractivity contribution in [1.29, 1.82) is 0 Å². The lowest BCUT2D eigenvalue weighted by Crippen LogP contribution is -2.62. The third kappa shape index (κ3) is 2.12. The molecule has 1 N–H and O–H groups in total. The van der Waals surface area contributed by atoms with Crippen molar-refractivity contribution in [1.82, 2.24) is 0 Å². The van der Waals surface area contributed by atoms with Crippen LogP contribution in [-0.4, -0.2) is 29.2 Å². The highest BCUT2D eigenvalue weighted by atomic mass is 16.6. The van der Waals surface area contributed by atoms with Crippen molar-refractivity contribution in [2.45, 2.75) is 96.6 Å². The number of ether oxygens (including phenoxy) is 2. The SMILES string of the molecule is C[C@@H]1CC[C@H]2C(C)(C)CCC[C@]2(C)[C@@]12CC[C@]1(CO[C@H](O)C1)O2. The zero-order valence-electron chi connectivity index (χ0n) is 15.4. The fourth-order valence-corrected chi connectivity index (χ4v) is 7.13. The second kappa shape index (κ2) is 4.95. The Labute approximate surface area is 141 Å². The van der Waals surface area contributed by atoms with Gasteiger partial charge in [0.05, 0.1) is 17.8 Å². The minimum Gasteiger partial charge on any atom is -0.368 e. The molecule has 2 aliphatic heterocycles. The average molecular weight is 322 g/mol. The molecule has 2 saturated heterocycles. The molecule has 0 unspecified atom stereocenters. The van der Waals surface area contributed by atoms with Crippen LogP contribution in [0.3, 0.4) is 0 Å². The number of aliphatic hydroxyl groups excluding tert-OH is 1. The maximum atomic E-state index is 9.88. The highest BCUT2D eigenvalue weighted by molar-refractivity contribution is 5.16. The third-order valence-corrected chi connectivity index (χ3v) is 8.32. The quantitative estimate of drug-likeness (QED) is 0.723. The van der Waals surface area contributed by atoms with E-state index in [-0.39, 0.29) is 16.6 Å². The summed E-state index contributed by atoms with van der Waals surface area (Å²) >= 11 is 0. The first kappa shape index (κ1) is 16.4. The van der Waals surface area contributed by atoms with Crippen molar-refractivity contribution < 1.29 is 14.6 Å². The van der Waals surface area contributed by atoms with Crippen molar-refractivity contribution in [2.24, 2.45) is 22.7 Å². The lowest BCUT2D eigenvalue weighted by molar-refractivity contribution is -0.246. The van der Waals surface area contributed by atoms with Gasteiger partial charge in [0, 0.05) is 11.8 Å². The van der Waals surface area contributed by atoms with E-state index in [1.54, 1.807) is 0 Å². The molecule has 6 atom stereocenters. The zero-order chi connectivity index (χ0) is 16.5. The Bertz CT molecular complexity index is 489. The van der Waals surface area contributed by atoms with Crippen LogP contribution in [0.4, 0.5) is 0 Å². The van der Waals surface area contributed by atoms with Crippen molar-refractivity contribution in [3.63, 3.8) is 0 Å². The fourth-order valence-electron chi connectivity index (χ4n) is 7.13. The van der Waals surface area contributed by atoms with Crippen LogP contribution < -0.4 is 0 Å². The Hall–Kier alpha value is -0.120. The van der Waals surface area contributed by atoms with Gasteiger partial charge in [0.2, 0.25) is 0 Å². The van der Waals surface area contributed by atoms with Gasteiger partial charge < -0.3 is 14.6 Å². The lowest BCUT2D eigenvalue weighted by atomic mass is 9.44. The molecule has 0 aromatic rings. The molecule has 2 spiro atoms. The van der Waals surface area contributed by atoms with Crippen LogP contribution >= 0.6 is 0 Å². The Morgan fingerprint density at radius 3 is 2.48 bits per heavy atom. The van der Waals surface area contributed by atoms with Gasteiger partial charge in [-0.25, -0.2) is 0 Å². The van der Waals surface area contributed by atoms with Crippen LogP contribution in [0.25, 0.3) is 0 Å². The molecular formula is C20H34O3. The van der Waals surface area contributed by atoms with E-state index in [4.69, 9.17) is 9.47 Å². The number of fused-ring (bicyclic) bond motifs is 2. The first-order valence-electron chi connectivity index (χ1n) is 9.73. The van der Waals surface area contributed by atoms with Crippen LogP contribution in [0.1, 0.15) is 79.1 Å². The lowest BCUT2D eigenvalue weighted by Gasteiger charge is -2.63. The van der Waals surface area contributed by atoms with E-state index in [9.17, 15) is 5.11 Å². The maximum absolute atomic E-state index is 9.88. The van der Waals surface area contributed by atoms with E-state index in [0.29, 0.717) is 24.4 Å². The minimum atomic E-state index is -0.629. The van der Waals surface area contributed by atoms with Gasteiger partial charge in [-0.05, 0) is 55.8 Å². The van der Waals surface area contributed by atoms with E-state index < -0.39 is 6.29 Å². The van der Waals surface area contributed by atoms with Crippen LogP contribution in [0.5, 0.6) is 0 Å². The summed E-state index contributed by atoms with van der Waals surface area (Å²) in [5.74, 6) is 1.36. The summed E-state index contributed by atoms with van der Waals surface area (Å²) in [6.07, 6.45) is 8.83.